The van der Waals surface area contributed by atoms with Crippen LogP contribution in [0.2, 0.25) is 0 Å². The van der Waals surface area contributed by atoms with E-state index in [1.165, 1.54) is 5.57 Å². The SMILES string of the molecule is O=C(NI)OCc1cc(-c2ccc(OCC3=CCCC=C3)cc2)no1. The lowest BCUT2D eigenvalue weighted by molar-refractivity contribution is 0.135. The normalized spacial score (nSPS) is 13.2. The molecule has 1 aromatic carbocycles. The molecule has 7 heteroatoms. The van der Waals surface area contributed by atoms with Crippen LogP contribution in [-0.4, -0.2) is 17.9 Å². The molecule has 0 aliphatic heterocycles. The number of aromatic nitrogens is 1. The van der Waals surface area contributed by atoms with Gasteiger partial charge >= 0.3 is 6.09 Å². The molecule has 0 unspecified atom stereocenters. The van der Waals surface area contributed by atoms with Gasteiger partial charge in [0.25, 0.3) is 0 Å². The Labute approximate surface area is 159 Å². The van der Waals surface area contributed by atoms with Crippen LogP contribution in [0.25, 0.3) is 11.3 Å². The number of carbonyl (C=O) groups is 1. The van der Waals surface area contributed by atoms with Gasteiger partial charge in [0.15, 0.2) is 12.4 Å². The fraction of sp³-hybridized carbons (Fsp3) is 0.222. The Morgan fingerprint density at radius 1 is 1.24 bits per heavy atom. The summed E-state index contributed by atoms with van der Waals surface area (Å²) >= 11 is 1.70. The predicted octanol–water partition coefficient (Wildman–Crippen LogP) is 4.57. The lowest BCUT2D eigenvalue weighted by Crippen LogP contribution is -2.12. The molecule has 1 amide bonds. The molecule has 3 rings (SSSR count). The van der Waals surface area contributed by atoms with Gasteiger partial charge < -0.3 is 14.0 Å². The summed E-state index contributed by atoms with van der Waals surface area (Å²) in [6, 6.07) is 9.38. The van der Waals surface area contributed by atoms with Crippen LogP contribution in [0.1, 0.15) is 18.6 Å². The van der Waals surface area contributed by atoms with Crippen LogP contribution >= 0.6 is 22.9 Å². The quantitative estimate of drug-likeness (QED) is 0.514. The molecule has 1 aromatic heterocycles. The fourth-order valence-electron chi connectivity index (χ4n) is 2.34. The first-order valence-electron chi connectivity index (χ1n) is 7.82. The first-order chi connectivity index (χ1) is 12.2. The van der Waals surface area contributed by atoms with Crippen molar-refractivity contribution in [2.24, 2.45) is 0 Å². The Hall–Kier alpha value is -2.29. The molecule has 0 radical (unpaired) electrons. The topological polar surface area (TPSA) is 73.6 Å². The summed E-state index contributed by atoms with van der Waals surface area (Å²) in [6.07, 6.45) is 8.12. The molecule has 25 heavy (non-hydrogen) atoms. The number of nitrogens with one attached hydrogen (secondary N) is 1. The summed E-state index contributed by atoms with van der Waals surface area (Å²) in [5, 5.41) is 3.99. The van der Waals surface area contributed by atoms with Gasteiger partial charge in [0, 0.05) is 11.6 Å². The Kier molecular flexibility index (Phi) is 6.10. The zero-order valence-electron chi connectivity index (χ0n) is 13.4. The summed E-state index contributed by atoms with van der Waals surface area (Å²) in [5.74, 6) is 1.28. The van der Waals surface area contributed by atoms with Gasteiger partial charge in [0.05, 0.1) is 22.9 Å². The van der Waals surface area contributed by atoms with Crippen LogP contribution in [0, 0.1) is 0 Å². The number of ether oxygens (including phenoxy) is 2. The van der Waals surface area contributed by atoms with Crippen molar-refractivity contribution in [3.63, 3.8) is 0 Å². The van der Waals surface area contributed by atoms with E-state index in [9.17, 15) is 4.79 Å². The maximum atomic E-state index is 11.1. The van der Waals surface area contributed by atoms with Gasteiger partial charge in [-0.25, -0.2) is 4.79 Å². The molecule has 0 saturated carbocycles. The molecule has 1 heterocycles. The van der Waals surface area contributed by atoms with Crippen molar-refractivity contribution in [1.82, 2.24) is 8.69 Å². The first-order valence-corrected chi connectivity index (χ1v) is 8.90. The number of carbonyl (C=O) groups excluding carboxylic acids is 1. The largest absolute Gasteiger partial charge is 0.489 e. The minimum Gasteiger partial charge on any atom is -0.489 e. The highest BCUT2D eigenvalue weighted by Gasteiger charge is 2.09. The molecular weight excluding hydrogens is 435 g/mol. The average molecular weight is 452 g/mol. The lowest BCUT2D eigenvalue weighted by atomic mass is 10.1. The smallest absolute Gasteiger partial charge is 0.416 e. The first kappa shape index (κ1) is 17.5. The second kappa shape index (κ2) is 8.70. The Morgan fingerprint density at radius 2 is 2.08 bits per heavy atom. The van der Waals surface area contributed by atoms with Crippen molar-refractivity contribution in [1.29, 1.82) is 0 Å². The van der Waals surface area contributed by atoms with Crippen LogP contribution in [0.4, 0.5) is 4.79 Å². The molecule has 6 nitrogen and oxygen atoms in total. The van der Waals surface area contributed by atoms with Crippen molar-refractivity contribution >= 4 is 29.0 Å². The summed E-state index contributed by atoms with van der Waals surface area (Å²) in [5.41, 5.74) is 2.78. The number of hydrogen-bond acceptors (Lipinski definition) is 5. The number of allylic oxidation sites excluding steroid dienone is 2. The van der Waals surface area contributed by atoms with E-state index in [0.717, 1.165) is 24.2 Å². The highest BCUT2D eigenvalue weighted by molar-refractivity contribution is 14.1. The van der Waals surface area contributed by atoms with Crippen LogP contribution in [0.15, 0.2) is 58.7 Å². The maximum absolute atomic E-state index is 11.1. The monoisotopic (exact) mass is 452 g/mol. The zero-order chi connectivity index (χ0) is 17.5. The second-order valence-corrected chi connectivity index (χ2v) is 5.96. The summed E-state index contributed by atoms with van der Waals surface area (Å²) in [4.78, 5) is 11.1. The number of amides is 1. The van der Waals surface area contributed by atoms with Crippen molar-refractivity contribution < 1.29 is 18.8 Å². The molecule has 130 valence electrons. The van der Waals surface area contributed by atoms with E-state index < -0.39 is 6.09 Å². The molecule has 0 spiro atoms. The minimum absolute atomic E-state index is 0.0334. The Morgan fingerprint density at radius 3 is 2.80 bits per heavy atom. The van der Waals surface area contributed by atoms with Crippen molar-refractivity contribution in [3.8, 4) is 17.0 Å². The van der Waals surface area contributed by atoms with Gasteiger partial charge in [-0.05, 0) is 42.7 Å². The minimum atomic E-state index is -0.525. The number of hydrogen-bond donors (Lipinski definition) is 1. The van der Waals surface area contributed by atoms with Crippen LogP contribution in [0.3, 0.4) is 0 Å². The molecule has 2 aromatic rings. The third-order valence-corrected chi connectivity index (χ3v) is 4.05. The third kappa shape index (κ3) is 5.09. The van der Waals surface area contributed by atoms with Gasteiger partial charge in [-0.3, -0.25) is 3.53 Å². The number of halogens is 1. The van der Waals surface area contributed by atoms with Gasteiger partial charge in [0.2, 0.25) is 0 Å². The van der Waals surface area contributed by atoms with E-state index in [1.807, 2.05) is 24.3 Å². The summed E-state index contributed by atoms with van der Waals surface area (Å²) in [7, 11) is 0. The van der Waals surface area contributed by atoms with Gasteiger partial charge in [0.1, 0.15) is 18.1 Å². The van der Waals surface area contributed by atoms with E-state index in [2.05, 4.69) is 26.9 Å². The number of benzene rings is 1. The molecular formula is C18H17IN2O4. The van der Waals surface area contributed by atoms with Gasteiger partial charge in [-0.2, -0.15) is 0 Å². The molecule has 0 fully saturated rings. The standard InChI is InChI=1S/C18H17IN2O4/c19-20-18(22)24-12-16-10-17(21-25-16)14-6-8-15(9-7-14)23-11-13-4-2-1-3-5-13/h2,4-10H,1,3,11-12H2,(H,20,22). The number of rotatable bonds is 6. The van der Waals surface area contributed by atoms with Gasteiger partial charge in [-0.15, -0.1) is 0 Å². The molecule has 1 aliphatic carbocycles. The Balaban J connectivity index is 1.56. The lowest BCUT2D eigenvalue weighted by Gasteiger charge is -2.09. The molecule has 0 atom stereocenters. The van der Waals surface area contributed by atoms with Crippen molar-refractivity contribution in [2.45, 2.75) is 19.4 Å². The highest BCUT2D eigenvalue weighted by atomic mass is 127. The zero-order valence-corrected chi connectivity index (χ0v) is 15.6. The average Bonchev–Trinajstić information content (AvgIpc) is 3.14. The summed E-state index contributed by atoms with van der Waals surface area (Å²) < 4.78 is 18.2. The van der Waals surface area contributed by atoms with Crippen molar-refractivity contribution in [2.75, 3.05) is 6.61 Å². The van der Waals surface area contributed by atoms with Crippen LogP contribution in [0.5, 0.6) is 5.75 Å². The van der Waals surface area contributed by atoms with E-state index in [-0.39, 0.29) is 6.61 Å². The maximum Gasteiger partial charge on any atom is 0.416 e. The highest BCUT2D eigenvalue weighted by Crippen LogP contribution is 2.23. The summed E-state index contributed by atoms with van der Waals surface area (Å²) in [6.45, 7) is 0.603. The van der Waals surface area contributed by atoms with E-state index in [1.54, 1.807) is 28.9 Å². The van der Waals surface area contributed by atoms with Crippen LogP contribution < -0.4 is 8.27 Å². The number of nitrogens with zero attached hydrogens (tertiary/aromatic N) is 1. The van der Waals surface area contributed by atoms with Gasteiger partial charge in [-0.1, -0.05) is 23.4 Å². The van der Waals surface area contributed by atoms with Crippen molar-refractivity contribution in [3.05, 3.63) is 59.9 Å². The third-order valence-electron chi connectivity index (χ3n) is 3.61. The molecule has 0 saturated heterocycles. The van der Waals surface area contributed by atoms with E-state index in [4.69, 9.17) is 14.0 Å². The van der Waals surface area contributed by atoms with Crippen LogP contribution in [-0.2, 0) is 11.3 Å². The van der Waals surface area contributed by atoms with E-state index >= 15 is 0 Å². The van der Waals surface area contributed by atoms with E-state index in [0.29, 0.717) is 18.1 Å². The molecule has 1 aliphatic rings. The predicted molar refractivity (Wildman–Crippen MR) is 101 cm³/mol. The second-order valence-electron chi connectivity index (χ2n) is 5.42. The molecule has 1 N–H and O–H groups in total. The fourth-order valence-corrected chi connectivity index (χ4v) is 2.50. The Bertz CT molecular complexity index is 781. The molecule has 0 bridgehead atoms.